The summed E-state index contributed by atoms with van der Waals surface area (Å²) in [6, 6.07) is 0. The van der Waals surface area contributed by atoms with Gasteiger partial charge in [0.05, 0.1) is 61.0 Å². The first-order chi connectivity index (χ1) is 30.7. The Hall–Kier alpha value is -1.23. The van der Waals surface area contributed by atoms with Crippen LogP contribution in [0.15, 0.2) is 11.6 Å². The normalized spacial score (nSPS) is 53.7. The van der Waals surface area contributed by atoms with Crippen LogP contribution in [0.4, 0.5) is 0 Å². The van der Waals surface area contributed by atoms with E-state index >= 15 is 0 Å². The third kappa shape index (κ3) is 8.75. The second-order valence-electron chi connectivity index (χ2n) is 21.1. The fourth-order valence-corrected chi connectivity index (χ4v) is 13.8. The van der Waals surface area contributed by atoms with Crippen molar-refractivity contribution >= 4 is 5.78 Å². The zero-order valence-electron chi connectivity index (χ0n) is 40.0. The number of hydrogen-bond donors (Lipinski definition) is 5. The van der Waals surface area contributed by atoms with Gasteiger partial charge in [0.25, 0.3) is 0 Å². The SMILES string of the molecule is CO[C@@H]1C[C@H](O[C@H]2[C@H](O)C[C@H](O[C@@H]3[C@@H](C)O[C@@H](O[C@@H]4[C@@H](C)O[C@@H](O[C@@H]5CC[C@@]6(C)C(=CC[C@@]7(O)[C@@H]6C[C@@H](O)[C@]6(C)[C@@H](C(C)=O)CC[C@]67O)C5)C[C@H]4OC)C[C@H]3OC)O[C@@H]2C)O[C@H](C)[C@H]1O. The predicted molar refractivity (Wildman–Crippen MR) is 230 cm³/mol. The molecule has 0 unspecified atom stereocenters. The third-order valence-electron chi connectivity index (χ3n) is 17.7. The number of ketones is 1. The lowest BCUT2D eigenvalue weighted by molar-refractivity contribution is -0.346. The first-order valence-corrected chi connectivity index (χ1v) is 24.2. The molecule has 4 aliphatic heterocycles. The molecule has 0 aromatic rings. The van der Waals surface area contributed by atoms with Crippen LogP contribution in [0.3, 0.4) is 0 Å². The number of fused-ring (bicyclic) bond motifs is 5. The van der Waals surface area contributed by atoms with Gasteiger partial charge in [0.2, 0.25) is 0 Å². The molecule has 5 N–H and O–H groups in total. The monoisotopic (exact) mass is 927 g/mol. The van der Waals surface area contributed by atoms with Gasteiger partial charge in [-0.15, -0.1) is 0 Å². The van der Waals surface area contributed by atoms with Crippen LogP contribution in [0.25, 0.3) is 0 Å². The van der Waals surface area contributed by atoms with Crippen molar-refractivity contribution in [2.75, 3.05) is 21.3 Å². The lowest BCUT2D eigenvalue weighted by Crippen LogP contribution is -2.75. The Morgan fingerprint density at radius 3 is 1.72 bits per heavy atom. The quantitative estimate of drug-likeness (QED) is 0.178. The maximum absolute atomic E-state index is 12.7. The molecule has 0 bridgehead atoms. The van der Waals surface area contributed by atoms with E-state index in [1.54, 1.807) is 28.1 Å². The minimum atomic E-state index is -1.58. The Balaban J connectivity index is 0.837. The summed E-state index contributed by atoms with van der Waals surface area (Å²) in [5.74, 6) is -0.933. The molecule has 8 rings (SSSR count). The molecule has 0 radical (unpaired) electrons. The molecule has 3 saturated carbocycles. The number of hydrogen-bond acceptors (Lipinski definition) is 17. The highest BCUT2D eigenvalue weighted by molar-refractivity contribution is 5.80. The Morgan fingerprint density at radius 1 is 0.662 bits per heavy atom. The van der Waals surface area contributed by atoms with Crippen molar-refractivity contribution < 1.29 is 82.4 Å². The standard InChI is InChI=1S/C48H78O17/c1-23(49)30-13-16-48(54)46(30,7)36(51)22-35-45(6)14-12-29(17-28(45)11-15-47(35,48)53)62-38-20-33(56-9)44(26(4)60-38)65-40-21-34(57-10)43(27(5)61-40)64-37-18-31(50)42(25(3)59-37)63-39-19-32(55-8)41(52)24(2)58-39/h11,24-27,29-44,50-54H,12-22H2,1-10H3/t24-,25-,26-,27-,29-,30-,31-,32-,33-,34-,35-,36-,37+,38+,39+,40+,41-,42-,43-,44-,45+,46+,47-,48+/m1/s1. The van der Waals surface area contributed by atoms with Gasteiger partial charge in [-0.25, -0.2) is 0 Å². The average molecular weight is 927 g/mol. The van der Waals surface area contributed by atoms with E-state index in [4.69, 9.17) is 52.1 Å². The first-order valence-electron chi connectivity index (χ1n) is 24.2. The number of carbonyl (C=O) groups excluding carboxylic acids is 1. The van der Waals surface area contributed by atoms with Gasteiger partial charge in [-0.3, -0.25) is 4.79 Å². The third-order valence-corrected chi connectivity index (χ3v) is 17.7. The molecule has 8 aliphatic rings. The van der Waals surface area contributed by atoms with Crippen LogP contribution < -0.4 is 0 Å². The van der Waals surface area contributed by atoms with Gasteiger partial charge < -0.3 is 77.6 Å². The molecule has 0 amide bonds. The van der Waals surface area contributed by atoms with Crippen molar-refractivity contribution in [3.8, 4) is 0 Å². The van der Waals surface area contributed by atoms with Crippen molar-refractivity contribution in [3.05, 3.63) is 11.6 Å². The Labute approximate surface area is 384 Å². The summed E-state index contributed by atoms with van der Waals surface area (Å²) in [5.41, 5.74) is -3.46. The maximum atomic E-state index is 12.7. The zero-order chi connectivity index (χ0) is 47.0. The smallest absolute Gasteiger partial charge is 0.161 e. The highest BCUT2D eigenvalue weighted by atomic mass is 16.8. The van der Waals surface area contributed by atoms with Gasteiger partial charge in [0.1, 0.15) is 41.4 Å². The van der Waals surface area contributed by atoms with E-state index in [9.17, 15) is 30.3 Å². The van der Waals surface area contributed by atoms with Crippen molar-refractivity contribution in [1.29, 1.82) is 0 Å². The molecular formula is C48H78O17. The molecule has 17 nitrogen and oxygen atoms in total. The Morgan fingerprint density at radius 2 is 1.17 bits per heavy atom. The minimum Gasteiger partial charge on any atom is -0.392 e. The highest BCUT2D eigenvalue weighted by Crippen LogP contribution is 2.69. The summed E-state index contributed by atoms with van der Waals surface area (Å²) in [4.78, 5) is 12.7. The Kier molecular flexibility index (Phi) is 14.8. The van der Waals surface area contributed by atoms with Crippen LogP contribution in [0.2, 0.25) is 0 Å². The van der Waals surface area contributed by atoms with E-state index in [1.165, 1.54) is 14.0 Å². The number of methoxy groups -OCH3 is 3. The van der Waals surface area contributed by atoms with Crippen molar-refractivity contribution in [1.82, 2.24) is 0 Å². The van der Waals surface area contributed by atoms with Crippen LogP contribution in [0, 0.1) is 22.7 Å². The fraction of sp³-hybridized carbons (Fsp3) is 0.938. The molecular weight excluding hydrogens is 849 g/mol. The number of carbonyl (C=O) groups is 1. The number of aliphatic hydroxyl groups excluding tert-OH is 3. The topological polar surface area (TPSA) is 220 Å². The van der Waals surface area contributed by atoms with Crippen molar-refractivity contribution in [2.45, 2.75) is 241 Å². The van der Waals surface area contributed by atoms with Crippen LogP contribution in [-0.2, 0) is 56.9 Å². The molecule has 7 fully saturated rings. The van der Waals surface area contributed by atoms with E-state index in [-0.39, 0.29) is 43.2 Å². The summed E-state index contributed by atoms with van der Waals surface area (Å²) in [6.07, 6.45) is -3.46. The maximum Gasteiger partial charge on any atom is 0.161 e. The van der Waals surface area contributed by atoms with E-state index in [1.807, 2.05) is 20.8 Å². The molecule has 4 saturated heterocycles. The number of aliphatic hydroxyl groups is 5. The molecule has 0 aromatic carbocycles. The Bertz CT molecular complexity index is 1690. The van der Waals surface area contributed by atoms with Gasteiger partial charge in [0.15, 0.2) is 25.2 Å². The molecule has 17 heteroatoms. The van der Waals surface area contributed by atoms with Gasteiger partial charge in [-0.2, -0.15) is 0 Å². The fourth-order valence-electron chi connectivity index (χ4n) is 13.8. The zero-order valence-corrected chi connectivity index (χ0v) is 40.0. The molecule has 24 atom stereocenters. The molecule has 0 aromatic heterocycles. The summed E-state index contributed by atoms with van der Waals surface area (Å²) in [5, 5.41) is 58.2. The van der Waals surface area contributed by atoms with E-state index < -0.39 is 126 Å². The van der Waals surface area contributed by atoms with Crippen LogP contribution in [0.1, 0.15) is 119 Å². The van der Waals surface area contributed by atoms with Gasteiger partial charge in [-0.05, 0) is 85.0 Å². The minimum absolute atomic E-state index is 0.0549. The van der Waals surface area contributed by atoms with Crippen LogP contribution >= 0.6 is 0 Å². The molecule has 4 heterocycles. The lowest BCUT2D eigenvalue weighted by Gasteiger charge is -2.66. The molecule has 4 aliphatic carbocycles. The number of Topliss-reactive ketones (excluding diaryl/α,β-unsaturated/α-hetero) is 1. The highest BCUT2D eigenvalue weighted by Gasteiger charge is 2.76. The van der Waals surface area contributed by atoms with E-state index in [2.05, 4.69) is 13.0 Å². The van der Waals surface area contributed by atoms with E-state index in [0.717, 1.165) is 5.57 Å². The van der Waals surface area contributed by atoms with Crippen LogP contribution in [0.5, 0.6) is 0 Å². The van der Waals surface area contributed by atoms with Gasteiger partial charge in [-0.1, -0.05) is 25.5 Å². The lowest BCUT2D eigenvalue weighted by atomic mass is 9.43. The van der Waals surface area contributed by atoms with Gasteiger partial charge >= 0.3 is 0 Å². The number of ether oxygens (including phenoxy) is 11. The summed E-state index contributed by atoms with van der Waals surface area (Å²) in [7, 11) is 4.81. The molecule has 372 valence electrons. The summed E-state index contributed by atoms with van der Waals surface area (Å²) in [6.45, 7) is 12.9. The van der Waals surface area contributed by atoms with E-state index in [0.29, 0.717) is 51.4 Å². The van der Waals surface area contributed by atoms with Crippen molar-refractivity contribution in [2.24, 2.45) is 22.7 Å². The summed E-state index contributed by atoms with van der Waals surface area (Å²) < 4.78 is 68.3. The molecule has 0 spiro atoms. The average Bonchev–Trinajstić information content (AvgIpc) is 3.56. The number of rotatable bonds is 12. The second-order valence-corrected chi connectivity index (χ2v) is 21.1. The van der Waals surface area contributed by atoms with Gasteiger partial charge in [0, 0.05) is 64.3 Å². The van der Waals surface area contributed by atoms with Crippen LogP contribution in [-0.4, -0.2) is 174 Å². The summed E-state index contributed by atoms with van der Waals surface area (Å²) >= 11 is 0. The second kappa shape index (κ2) is 19.2. The van der Waals surface area contributed by atoms with Crippen molar-refractivity contribution in [3.63, 3.8) is 0 Å². The molecule has 65 heavy (non-hydrogen) atoms. The largest absolute Gasteiger partial charge is 0.392 e. The first kappa shape index (κ1) is 50.2. The predicted octanol–water partition coefficient (Wildman–Crippen LogP) is 3.20.